The Balaban J connectivity index is 3.05. The predicted octanol–water partition coefficient (Wildman–Crippen LogP) is 2.31. The number of nitrogen functional groups attached to an aromatic ring is 1. The second kappa shape index (κ2) is 4.44. The number of hydrogen-bond acceptors (Lipinski definition) is 2. The van der Waals surface area contributed by atoms with Gasteiger partial charge in [0.15, 0.2) is 0 Å². The van der Waals surface area contributed by atoms with E-state index < -0.39 is 0 Å². The predicted molar refractivity (Wildman–Crippen MR) is 59.3 cm³/mol. The van der Waals surface area contributed by atoms with Gasteiger partial charge in [-0.05, 0) is 18.2 Å². The van der Waals surface area contributed by atoms with Crippen molar-refractivity contribution in [2.45, 2.75) is 0 Å². The van der Waals surface area contributed by atoms with Crippen LogP contribution in [0.4, 0.5) is 5.69 Å². The molecular weight excluding hydrogens is 234 g/mol. The van der Waals surface area contributed by atoms with Crippen molar-refractivity contribution in [2.75, 3.05) is 11.5 Å². The third-order valence-corrected chi connectivity index (χ3v) is 1.97. The van der Waals surface area contributed by atoms with Gasteiger partial charge in [0.2, 0.25) is 0 Å². The first-order chi connectivity index (χ1) is 5.74. The maximum absolute atomic E-state index is 5.68. The summed E-state index contributed by atoms with van der Waals surface area (Å²) in [6, 6.07) is 5.61. The normalized spacial score (nSPS) is 8.83. The van der Waals surface area contributed by atoms with E-state index in [1.165, 1.54) is 0 Å². The van der Waals surface area contributed by atoms with Crippen LogP contribution in [0.1, 0.15) is 5.56 Å². The van der Waals surface area contributed by atoms with Crippen molar-refractivity contribution in [1.82, 2.24) is 0 Å². The van der Waals surface area contributed by atoms with E-state index >= 15 is 0 Å². The molecule has 0 fully saturated rings. The van der Waals surface area contributed by atoms with Crippen LogP contribution in [-0.4, -0.2) is 5.75 Å². The fraction of sp³-hybridized carbons (Fsp3) is 0.111. The molecule has 1 aromatic carbocycles. The van der Waals surface area contributed by atoms with E-state index in [4.69, 9.17) is 5.73 Å². The van der Waals surface area contributed by atoms with E-state index in [1.54, 1.807) is 0 Å². The molecule has 12 heavy (non-hydrogen) atoms. The fourth-order valence-electron chi connectivity index (χ4n) is 0.772. The van der Waals surface area contributed by atoms with Gasteiger partial charge in [0.1, 0.15) is 0 Å². The van der Waals surface area contributed by atoms with Crippen LogP contribution in [0, 0.1) is 11.8 Å². The summed E-state index contributed by atoms with van der Waals surface area (Å²) in [5, 5.41) is 0. The van der Waals surface area contributed by atoms with Crippen molar-refractivity contribution in [3.05, 3.63) is 28.2 Å². The molecule has 0 bridgehead atoms. The molecule has 0 aromatic heterocycles. The third kappa shape index (κ3) is 2.47. The number of benzene rings is 1. The van der Waals surface area contributed by atoms with Gasteiger partial charge in [-0.3, -0.25) is 0 Å². The van der Waals surface area contributed by atoms with Crippen molar-refractivity contribution in [3.63, 3.8) is 0 Å². The summed E-state index contributed by atoms with van der Waals surface area (Å²) < 4.78 is 0.986. The monoisotopic (exact) mass is 241 g/mol. The Labute approximate surface area is 85.9 Å². The van der Waals surface area contributed by atoms with Gasteiger partial charge in [0.05, 0.1) is 5.75 Å². The number of nitrogens with two attached hydrogens (primary N) is 1. The lowest BCUT2D eigenvalue weighted by molar-refractivity contribution is 1.59. The van der Waals surface area contributed by atoms with Crippen LogP contribution < -0.4 is 5.73 Å². The van der Waals surface area contributed by atoms with Gasteiger partial charge >= 0.3 is 0 Å². The minimum atomic E-state index is 0.548. The maximum Gasteiger partial charge on any atom is 0.0521 e. The molecule has 2 N–H and O–H groups in total. The first-order valence-electron chi connectivity index (χ1n) is 3.39. The summed E-state index contributed by atoms with van der Waals surface area (Å²) in [6.07, 6.45) is 0. The van der Waals surface area contributed by atoms with Gasteiger partial charge in [-0.25, -0.2) is 0 Å². The highest BCUT2D eigenvalue weighted by atomic mass is 79.9. The first kappa shape index (κ1) is 9.50. The molecule has 0 aliphatic rings. The highest BCUT2D eigenvalue weighted by Gasteiger charge is 1.94. The van der Waals surface area contributed by atoms with E-state index in [9.17, 15) is 0 Å². The molecule has 0 aliphatic carbocycles. The Hall–Kier alpha value is -0.590. The summed E-state index contributed by atoms with van der Waals surface area (Å²) in [5.74, 6) is 6.32. The molecule has 0 saturated heterocycles. The van der Waals surface area contributed by atoms with Gasteiger partial charge in [-0.15, -0.1) is 0 Å². The Morgan fingerprint density at radius 2 is 2.25 bits per heavy atom. The van der Waals surface area contributed by atoms with E-state index in [0.29, 0.717) is 11.4 Å². The van der Waals surface area contributed by atoms with Crippen molar-refractivity contribution in [1.29, 1.82) is 0 Å². The zero-order valence-electron chi connectivity index (χ0n) is 6.34. The SMILES string of the molecule is Nc1ccc(Br)cc1C#CCS. The van der Waals surface area contributed by atoms with Gasteiger partial charge in [0, 0.05) is 15.7 Å². The highest BCUT2D eigenvalue weighted by Crippen LogP contribution is 2.17. The van der Waals surface area contributed by atoms with Crippen molar-refractivity contribution in [3.8, 4) is 11.8 Å². The molecule has 3 heteroatoms. The summed E-state index contributed by atoms with van der Waals surface area (Å²) >= 11 is 7.33. The Morgan fingerprint density at radius 1 is 1.50 bits per heavy atom. The minimum absolute atomic E-state index is 0.548. The Morgan fingerprint density at radius 3 is 2.92 bits per heavy atom. The molecule has 1 rings (SSSR count). The largest absolute Gasteiger partial charge is 0.398 e. The summed E-state index contributed by atoms with van der Waals surface area (Å²) in [6.45, 7) is 0. The van der Waals surface area contributed by atoms with E-state index in [2.05, 4.69) is 40.4 Å². The first-order valence-corrected chi connectivity index (χ1v) is 4.81. The molecule has 0 atom stereocenters. The number of hydrogen-bond donors (Lipinski definition) is 2. The Bertz CT molecular complexity index is 338. The molecule has 1 nitrogen and oxygen atoms in total. The van der Waals surface area contributed by atoms with Gasteiger partial charge < -0.3 is 5.73 Å². The van der Waals surface area contributed by atoms with Crippen LogP contribution in [0.25, 0.3) is 0 Å². The third-order valence-electron chi connectivity index (χ3n) is 1.32. The van der Waals surface area contributed by atoms with E-state index in [-0.39, 0.29) is 0 Å². The van der Waals surface area contributed by atoms with Crippen molar-refractivity contribution in [2.24, 2.45) is 0 Å². The topological polar surface area (TPSA) is 26.0 Å². The minimum Gasteiger partial charge on any atom is -0.398 e. The summed E-state index contributed by atoms with van der Waals surface area (Å²) in [7, 11) is 0. The molecule has 62 valence electrons. The second-order valence-electron chi connectivity index (χ2n) is 2.19. The summed E-state index contributed by atoms with van der Waals surface area (Å²) in [5.41, 5.74) is 7.23. The quantitative estimate of drug-likeness (QED) is 0.407. The zero-order valence-corrected chi connectivity index (χ0v) is 8.82. The number of halogens is 1. The lowest BCUT2D eigenvalue weighted by atomic mass is 10.2. The van der Waals surface area contributed by atoms with Crippen LogP contribution >= 0.6 is 28.6 Å². The smallest absolute Gasteiger partial charge is 0.0521 e. The molecular formula is C9H8BrNS. The molecule has 0 saturated carbocycles. The average molecular weight is 242 g/mol. The van der Waals surface area contributed by atoms with Crippen LogP contribution in [0.5, 0.6) is 0 Å². The standard InChI is InChI=1S/C9H8BrNS/c10-8-3-4-9(11)7(6-8)2-1-5-12/h3-4,6,12H,5,11H2. The highest BCUT2D eigenvalue weighted by molar-refractivity contribution is 9.10. The second-order valence-corrected chi connectivity index (χ2v) is 3.42. The lowest BCUT2D eigenvalue weighted by Gasteiger charge is -1.97. The molecule has 0 unspecified atom stereocenters. The van der Waals surface area contributed by atoms with Crippen LogP contribution in [-0.2, 0) is 0 Å². The van der Waals surface area contributed by atoms with E-state index in [1.807, 2.05) is 18.2 Å². The molecule has 0 aliphatic heterocycles. The van der Waals surface area contributed by atoms with E-state index in [0.717, 1.165) is 10.0 Å². The van der Waals surface area contributed by atoms with Crippen LogP contribution in [0.15, 0.2) is 22.7 Å². The lowest BCUT2D eigenvalue weighted by Crippen LogP contribution is -1.89. The fourth-order valence-corrected chi connectivity index (χ4v) is 1.21. The van der Waals surface area contributed by atoms with Gasteiger partial charge in [0.25, 0.3) is 0 Å². The van der Waals surface area contributed by atoms with Crippen molar-refractivity contribution < 1.29 is 0 Å². The average Bonchev–Trinajstić information content (AvgIpc) is 2.07. The zero-order chi connectivity index (χ0) is 8.97. The van der Waals surface area contributed by atoms with Gasteiger partial charge in [-0.1, -0.05) is 27.8 Å². The Kier molecular flexibility index (Phi) is 3.51. The molecule has 1 aromatic rings. The molecule has 0 radical (unpaired) electrons. The van der Waals surface area contributed by atoms with Crippen LogP contribution in [0.3, 0.4) is 0 Å². The summed E-state index contributed by atoms with van der Waals surface area (Å²) in [4.78, 5) is 0. The van der Waals surface area contributed by atoms with Crippen LogP contribution in [0.2, 0.25) is 0 Å². The molecule has 0 spiro atoms. The van der Waals surface area contributed by atoms with Crippen molar-refractivity contribution >= 4 is 34.2 Å². The number of anilines is 1. The van der Waals surface area contributed by atoms with Gasteiger partial charge in [-0.2, -0.15) is 12.6 Å². The number of rotatable bonds is 0. The molecule has 0 amide bonds. The maximum atomic E-state index is 5.68. The number of thiol groups is 1. The molecule has 0 heterocycles.